The molecule has 3 heteroatoms. The highest BCUT2D eigenvalue weighted by Gasteiger charge is 2.14. The van der Waals surface area contributed by atoms with E-state index >= 15 is 0 Å². The van der Waals surface area contributed by atoms with E-state index in [4.69, 9.17) is 10.2 Å². The molecule has 2 N–H and O–H groups in total. The third-order valence-corrected chi connectivity index (χ3v) is 1.53. The molecule has 1 aromatic rings. The summed E-state index contributed by atoms with van der Waals surface area (Å²) in [7, 11) is 0. The largest absolute Gasteiger partial charge is 0.393 e. The standard InChI is InChI=1S/C9H10O3/c10-6-8(11)9(12)7-4-2-1-3-5-7/h1-5,8,10-11H,6H2/t8-/m1/s1. The number of aliphatic hydroxyl groups is 2. The van der Waals surface area contributed by atoms with Crippen molar-refractivity contribution < 1.29 is 15.0 Å². The summed E-state index contributed by atoms with van der Waals surface area (Å²) < 4.78 is 0. The molecule has 0 aliphatic rings. The third-order valence-electron chi connectivity index (χ3n) is 1.53. The van der Waals surface area contributed by atoms with E-state index in [1.807, 2.05) is 0 Å². The van der Waals surface area contributed by atoms with Crippen molar-refractivity contribution in [2.45, 2.75) is 6.10 Å². The molecule has 0 bridgehead atoms. The molecule has 1 rings (SSSR count). The fourth-order valence-electron chi connectivity index (χ4n) is 0.878. The van der Waals surface area contributed by atoms with Gasteiger partial charge in [-0.3, -0.25) is 4.79 Å². The highest BCUT2D eigenvalue weighted by atomic mass is 16.3. The molecule has 1 atom stereocenters. The van der Waals surface area contributed by atoms with Crippen LogP contribution < -0.4 is 0 Å². The minimum absolute atomic E-state index is 0.416. The number of ketones is 1. The van der Waals surface area contributed by atoms with E-state index in [1.54, 1.807) is 30.3 Å². The molecule has 12 heavy (non-hydrogen) atoms. The maximum Gasteiger partial charge on any atom is 0.193 e. The van der Waals surface area contributed by atoms with Gasteiger partial charge in [0, 0.05) is 5.56 Å². The zero-order chi connectivity index (χ0) is 8.97. The van der Waals surface area contributed by atoms with Gasteiger partial charge in [0.15, 0.2) is 5.78 Å². The Hall–Kier alpha value is -1.19. The Bertz CT molecular complexity index is 256. The van der Waals surface area contributed by atoms with Crippen LogP contribution in [0.25, 0.3) is 0 Å². The Labute approximate surface area is 70.3 Å². The van der Waals surface area contributed by atoms with Crippen molar-refractivity contribution in [2.24, 2.45) is 0 Å². The average Bonchev–Trinajstić information content (AvgIpc) is 2.17. The van der Waals surface area contributed by atoms with Crippen LogP contribution in [0.15, 0.2) is 30.3 Å². The Morgan fingerprint density at radius 3 is 2.42 bits per heavy atom. The van der Waals surface area contributed by atoms with Gasteiger partial charge in [0.05, 0.1) is 6.61 Å². The number of carbonyl (C=O) groups excluding carboxylic acids is 1. The van der Waals surface area contributed by atoms with Gasteiger partial charge in [-0.25, -0.2) is 0 Å². The van der Waals surface area contributed by atoms with E-state index in [9.17, 15) is 4.79 Å². The summed E-state index contributed by atoms with van der Waals surface area (Å²) in [5, 5.41) is 17.5. The monoisotopic (exact) mass is 166 g/mol. The quantitative estimate of drug-likeness (QED) is 0.631. The molecule has 0 aromatic heterocycles. The first-order valence-electron chi connectivity index (χ1n) is 3.64. The summed E-state index contributed by atoms with van der Waals surface area (Å²) in [6, 6.07) is 8.39. The molecule has 1 aromatic carbocycles. The fraction of sp³-hybridized carbons (Fsp3) is 0.222. The SMILES string of the molecule is O=C(c1ccccc1)[C@H](O)CO. The smallest absolute Gasteiger partial charge is 0.193 e. The molecule has 0 aliphatic heterocycles. The third kappa shape index (κ3) is 1.90. The number of hydrogen-bond acceptors (Lipinski definition) is 3. The van der Waals surface area contributed by atoms with Crippen molar-refractivity contribution in [1.82, 2.24) is 0 Å². The van der Waals surface area contributed by atoms with E-state index < -0.39 is 18.5 Å². The molecule has 0 saturated carbocycles. The zero-order valence-corrected chi connectivity index (χ0v) is 6.47. The van der Waals surface area contributed by atoms with E-state index in [0.717, 1.165) is 0 Å². The lowest BCUT2D eigenvalue weighted by Gasteiger charge is -2.04. The van der Waals surface area contributed by atoms with Gasteiger partial charge in [0.25, 0.3) is 0 Å². The van der Waals surface area contributed by atoms with E-state index in [2.05, 4.69) is 0 Å². The molecular formula is C9H10O3. The summed E-state index contributed by atoms with van der Waals surface area (Å²) in [5.41, 5.74) is 0.416. The van der Waals surface area contributed by atoms with Gasteiger partial charge in [0.1, 0.15) is 6.10 Å². The first kappa shape index (κ1) is 8.90. The Morgan fingerprint density at radius 1 is 1.33 bits per heavy atom. The predicted molar refractivity (Wildman–Crippen MR) is 43.9 cm³/mol. The Morgan fingerprint density at radius 2 is 1.92 bits per heavy atom. The molecule has 0 saturated heterocycles. The lowest BCUT2D eigenvalue weighted by atomic mass is 10.1. The van der Waals surface area contributed by atoms with Gasteiger partial charge in [-0.15, -0.1) is 0 Å². The number of benzene rings is 1. The number of Topliss-reactive ketones (excluding diaryl/α,β-unsaturated/α-hetero) is 1. The number of carbonyl (C=O) groups is 1. The van der Waals surface area contributed by atoms with Gasteiger partial charge in [-0.1, -0.05) is 30.3 Å². The van der Waals surface area contributed by atoms with Crippen LogP contribution in [-0.4, -0.2) is 28.7 Å². The number of rotatable bonds is 3. The maximum atomic E-state index is 11.2. The second-order valence-electron chi connectivity index (χ2n) is 2.43. The van der Waals surface area contributed by atoms with Crippen molar-refractivity contribution in [3.05, 3.63) is 35.9 Å². The highest BCUT2D eigenvalue weighted by Crippen LogP contribution is 2.02. The topological polar surface area (TPSA) is 57.5 Å². The molecule has 3 nitrogen and oxygen atoms in total. The summed E-state index contributed by atoms with van der Waals surface area (Å²) in [4.78, 5) is 11.2. The molecule has 0 aliphatic carbocycles. The van der Waals surface area contributed by atoms with Crippen LogP contribution in [0.4, 0.5) is 0 Å². The molecule has 0 radical (unpaired) electrons. The summed E-state index contributed by atoms with van der Waals surface area (Å²) >= 11 is 0. The first-order chi connectivity index (χ1) is 5.75. The predicted octanol–water partition coefficient (Wildman–Crippen LogP) is 0.223. The van der Waals surface area contributed by atoms with Crippen LogP contribution in [0.5, 0.6) is 0 Å². The molecule has 0 spiro atoms. The van der Waals surface area contributed by atoms with Crippen LogP contribution in [0.2, 0.25) is 0 Å². The maximum absolute atomic E-state index is 11.2. The molecule has 0 unspecified atom stereocenters. The van der Waals surface area contributed by atoms with Gasteiger partial charge < -0.3 is 10.2 Å². The second-order valence-corrected chi connectivity index (χ2v) is 2.43. The van der Waals surface area contributed by atoms with Crippen LogP contribution in [0.1, 0.15) is 10.4 Å². The lowest BCUT2D eigenvalue weighted by molar-refractivity contribution is 0.0587. The first-order valence-corrected chi connectivity index (χ1v) is 3.64. The van der Waals surface area contributed by atoms with Crippen molar-refractivity contribution >= 4 is 5.78 Å². The van der Waals surface area contributed by atoms with Crippen molar-refractivity contribution in [3.8, 4) is 0 Å². The van der Waals surface area contributed by atoms with E-state index in [1.165, 1.54) is 0 Å². The van der Waals surface area contributed by atoms with Gasteiger partial charge in [-0.2, -0.15) is 0 Å². The van der Waals surface area contributed by atoms with Crippen molar-refractivity contribution in [2.75, 3.05) is 6.61 Å². The Kier molecular flexibility index (Phi) is 2.96. The van der Waals surface area contributed by atoms with Gasteiger partial charge >= 0.3 is 0 Å². The van der Waals surface area contributed by atoms with Crippen LogP contribution in [-0.2, 0) is 0 Å². The van der Waals surface area contributed by atoms with Crippen LogP contribution >= 0.6 is 0 Å². The summed E-state index contributed by atoms with van der Waals surface area (Å²) in [6.45, 7) is -0.534. The van der Waals surface area contributed by atoms with Gasteiger partial charge in [-0.05, 0) is 0 Å². The molecular weight excluding hydrogens is 156 g/mol. The summed E-state index contributed by atoms with van der Waals surface area (Å²) in [5.74, 6) is -0.446. The molecule has 64 valence electrons. The fourth-order valence-corrected chi connectivity index (χ4v) is 0.878. The minimum Gasteiger partial charge on any atom is -0.393 e. The lowest BCUT2D eigenvalue weighted by Crippen LogP contribution is -2.24. The highest BCUT2D eigenvalue weighted by molar-refractivity contribution is 5.99. The van der Waals surface area contributed by atoms with Crippen molar-refractivity contribution in [1.29, 1.82) is 0 Å². The second kappa shape index (κ2) is 3.99. The molecule has 0 amide bonds. The van der Waals surface area contributed by atoms with Gasteiger partial charge in [0.2, 0.25) is 0 Å². The van der Waals surface area contributed by atoms with Crippen LogP contribution in [0, 0.1) is 0 Å². The molecule has 0 fully saturated rings. The zero-order valence-electron chi connectivity index (χ0n) is 6.47. The molecule has 0 heterocycles. The minimum atomic E-state index is -1.30. The summed E-state index contributed by atoms with van der Waals surface area (Å²) in [6.07, 6.45) is -1.30. The van der Waals surface area contributed by atoms with E-state index in [0.29, 0.717) is 5.56 Å². The average molecular weight is 166 g/mol. The van der Waals surface area contributed by atoms with Crippen LogP contribution in [0.3, 0.4) is 0 Å². The number of hydrogen-bond donors (Lipinski definition) is 2. The number of aliphatic hydroxyl groups excluding tert-OH is 2. The van der Waals surface area contributed by atoms with Crippen molar-refractivity contribution in [3.63, 3.8) is 0 Å². The Balaban J connectivity index is 2.79. The normalized spacial score (nSPS) is 12.5. The van der Waals surface area contributed by atoms with E-state index in [-0.39, 0.29) is 0 Å².